The molecular weight excluding hydrogens is 151 g/mol. The molecule has 0 aromatic carbocycles. The van der Waals surface area contributed by atoms with Crippen LogP contribution >= 0.6 is 0 Å². The van der Waals surface area contributed by atoms with Crippen LogP contribution in [0.1, 0.15) is 6.42 Å². The van der Waals surface area contributed by atoms with Crippen molar-refractivity contribution >= 4 is 19.5 Å². The number of carbonyl (C=O) groups excluding carboxylic acids is 2. The van der Waals surface area contributed by atoms with Gasteiger partial charge in [-0.15, -0.1) is 0 Å². The van der Waals surface area contributed by atoms with Crippen LogP contribution in [0.3, 0.4) is 0 Å². The zero-order valence-corrected chi connectivity index (χ0v) is 7.40. The summed E-state index contributed by atoms with van der Waals surface area (Å²) < 4.78 is 11.6. The highest BCUT2D eigenvalue weighted by molar-refractivity contribution is 7.03. The van der Waals surface area contributed by atoms with Crippen LogP contribution in [0.2, 0.25) is 19.6 Å². The number of hydrogen-bond acceptors (Lipinski definition) is 2. The highest BCUT2D eigenvalue weighted by Crippen LogP contribution is 2.05. The van der Waals surface area contributed by atoms with Crippen LogP contribution < -0.4 is 0 Å². The van der Waals surface area contributed by atoms with Crippen molar-refractivity contribution in [1.29, 1.82) is 0 Å². The molecule has 0 saturated heterocycles. The first kappa shape index (κ1) is 9.49. The van der Waals surface area contributed by atoms with Crippen LogP contribution in [0.25, 0.3) is 0 Å². The van der Waals surface area contributed by atoms with Gasteiger partial charge >= 0.3 is 6.04 Å². The van der Waals surface area contributed by atoms with Gasteiger partial charge in [0.2, 0.25) is 0 Å². The third-order valence-corrected chi connectivity index (χ3v) is 2.99. The average molecular weight is 162 g/mol. The Morgan fingerprint density at radius 1 is 1.30 bits per heavy atom. The zero-order valence-electron chi connectivity index (χ0n) is 6.40. The Hall–Kier alpha value is -0.513. The Balaban J connectivity index is 3.99. The molecule has 0 unspecified atom stereocenters. The largest absolute Gasteiger partial charge is 0.308 e. The maximum Gasteiger partial charge on any atom is 0.308 e. The minimum atomic E-state index is -1.92. The van der Waals surface area contributed by atoms with Crippen molar-refractivity contribution in [3.8, 4) is 0 Å². The van der Waals surface area contributed by atoms with Gasteiger partial charge in [0, 0.05) is 0 Å². The van der Waals surface area contributed by atoms with E-state index in [-0.39, 0.29) is 5.41 Å². The molecule has 0 N–H and O–H groups in total. The van der Waals surface area contributed by atoms with Crippen molar-refractivity contribution in [1.82, 2.24) is 0 Å². The molecule has 0 aromatic rings. The summed E-state index contributed by atoms with van der Waals surface area (Å²) in [6.45, 7) is 5.37. The minimum absolute atomic E-state index is 0.222. The van der Waals surface area contributed by atoms with Gasteiger partial charge in [0.25, 0.3) is 0 Å². The monoisotopic (exact) mass is 162 g/mol. The van der Waals surface area contributed by atoms with Crippen molar-refractivity contribution in [2.75, 3.05) is 0 Å². The molecule has 0 heterocycles. The number of rotatable bonds is 3. The van der Waals surface area contributed by atoms with Gasteiger partial charge in [0.15, 0.2) is 0 Å². The molecular formula is C6H11FO2Si. The summed E-state index contributed by atoms with van der Waals surface area (Å²) in [4.78, 5) is 20.7. The molecule has 0 amide bonds. The summed E-state index contributed by atoms with van der Waals surface area (Å²) >= 11 is 0. The van der Waals surface area contributed by atoms with Crippen molar-refractivity contribution in [3.63, 3.8) is 0 Å². The summed E-state index contributed by atoms with van der Waals surface area (Å²) in [6.07, 6.45) is -0.532. The van der Waals surface area contributed by atoms with Gasteiger partial charge in [-0.25, -0.2) is 0 Å². The highest BCUT2D eigenvalue weighted by atomic mass is 28.3. The molecule has 0 aromatic heterocycles. The van der Waals surface area contributed by atoms with E-state index in [1.807, 2.05) is 0 Å². The second kappa shape index (κ2) is 3.05. The van der Waals surface area contributed by atoms with E-state index in [2.05, 4.69) is 0 Å². The van der Waals surface area contributed by atoms with E-state index < -0.39 is 20.5 Å². The van der Waals surface area contributed by atoms with Gasteiger partial charge in [-0.1, -0.05) is 19.6 Å². The van der Waals surface area contributed by atoms with Crippen LogP contribution in [0.4, 0.5) is 4.39 Å². The van der Waals surface area contributed by atoms with Crippen LogP contribution in [0.15, 0.2) is 0 Å². The first-order chi connectivity index (χ1) is 4.34. The maximum atomic E-state index is 11.6. The van der Waals surface area contributed by atoms with Gasteiger partial charge in [0.1, 0.15) is 13.5 Å². The zero-order chi connectivity index (χ0) is 8.36. The normalized spacial score (nSPS) is 11.2. The third-order valence-electron chi connectivity index (χ3n) is 1.14. The maximum absolute atomic E-state index is 11.6. The Morgan fingerprint density at radius 2 is 1.70 bits per heavy atom. The molecule has 0 fully saturated rings. The van der Waals surface area contributed by atoms with E-state index in [0.717, 1.165) is 0 Å². The molecule has 0 rings (SSSR count). The molecule has 0 aliphatic heterocycles. The highest BCUT2D eigenvalue weighted by Gasteiger charge is 2.25. The van der Waals surface area contributed by atoms with E-state index >= 15 is 0 Å². The lowest BCUT2D eigenvalue weighted by atomic mass is 10.5. The molecule has 0 spiro atoms. The Morgan fingerprint density at radius 3 is 1.80 bits per heavy atom. The van der Waals surface area contributed by atoms with Gasteiger partial charge in [0.05, 0.1) is 6.42 Å². The smallest absolute Gasteiger partial charge is 0.305 e. The van der Waals surface area contributed by atoms with Crippen molar-refractivity contribution in [2.24, 2.45) is 0 Å². The second-order valence-electron chi connectivity index (χ2n) is 3.21. The van der Waals surface area contributed by atoms with E-state index in [0.29, 0.717) is 0 Å². The molecule has 0 bridgehead atoms. The van der Waals surface area contributed by atoms with E-state index in [9.17, 15) is 14.0 Å². The summed E-state index contributed by atoms with van der Waals surface area (Å²) in [7, 11) is -1.92. The lowest BCUT2D eigenvalue weighted by molar-refractivity contribution is -0.132. The van der Waals surface area contributed by atoms with Gasteiger partial charge < -0.3 is 4.79 Å². The predicted molar refractivity (Wildman–Crippen MR) is 39.1 cm³/mol. The first-order valence-corrected chi connectivity index (χ1v) is 6.55. The van der Waals surface area contributed by atoms with Gasteiger partial charge in [-0.3, -0.25) is 4.79 Å². The quantitative estimate of drug-likeness (QED) is 0.356. The SMILES string of the molecule is C[Si](C)(C)C(=O)CC(=O)F. The van der Waals surface area contributed by atoms with E-state index in [4.69, 9.17) is 0 Å². The molecule has 58 valence electrons. The molecule has 4 heteroatoms. The second-order valence-corrected chi connectivity index (χ2v) is 8.26. The summed E-state index contributed by atoms with van der Waals surface area (Å²) in [6, 6.07) is -1.52. The Kier molecular flexibility index (Phi) is 2.89. The van der Waals surface area contributed by atoms with Crippen molar-refractivity contribution in [3.05, 3.63) is 0 Å². The van der Waals surface area contributed by atoms with Crippen molar-refractivity contribution in [2.45, 2.75) is 26.1 Å². The van der Waals surface area contributed by atoms with E-state index in [1.54, 1.807) is 19.6 Å². The van der Waals surface area contributed by atoms with E-state index in [1.165, 1.54) is 0 Å². The Labute approximate surface area is 60.4 Å². The fourth-order valence-electron chi connectivity index (χ4n) is 0.391. The van der Waals surface area contributed by atoms with Crippen LogP contribution in [-0.2, 0) is 9.59 Å². The summed E-state index contributed by atoms with van der Waals surface area (Å²) in [5, 5.41) is -0.222. The fourth-order valence-corrected chi connectivity index (χ4v) is 1.06. The fraction of sp³-hybridized carbons (Fsp3) is 0.667. The lowest BCUT2D eigenvalue weighted by Gasteiger charge is -2.10. The van der Waals surface area contributed by atoms with Gasteiger partial charge in [-0.2, -0.15) is 4.39 Å². The standard InChI is InChI=1S/C6H11FO2Si/c1-10(2,3)6(9)4-5(7)8/h4H2,1-3H3. The van der Waals surface area contributed by atoms with Gasteiger partial charge in [-0.05, 0) is 0 Å². The summed E-state index contributed by atoms with van der Waals surface area (Å²) in [5.74, 6) is 0. The average Bonchev–Trinajstić information content (AvgIpc) is 1.60. The number of halogens is 1. The minimum Gasteiger partial charge on any atom is -0.305 e. The molecule has 0 aliphatic rings. The molecule has 0 radical (unpaired) electrons. The van der Waals surface area contributed by atoms with Crippen LogP contribution in [0.5, 0.6) is 0 Å². The van der Waals surface area contributed by atoms with Crippen LogP contribution in [-0.4, -0.2) is 19.5 Å². The third kappa shape index (κ3) is 3.50. The summed E-state index contributed by atoms with van der Waals surface area (Å²) in [5.41, 5.74) is 0. The number of hydrogen-bond donors (Lipinski definition) is 0. The number of carbonyl (C=O) groups is 2. The predicted octanol–water partition coefficient (Wildman–Crippen LogP) is 1.32. The molecule has 2 nitrogen and oxygen atoms in total. The molecule has 10 heavy (non-hydrogen) atoms. The van der Waals surface area contributed by atoms with Crippen molar-refractivity contribution < 1.29 is 14.0 Å². The topological polar surface area (TPSA) is 34.1 Å². The lowest BCUT2D eigenvalue weighted by Crippen LogP contribution is -2.34. The molecule has 0 saturated carbocycles. The van der Waals surface area contributed by atoms with Crippen LogP contribution in [0, 0.1) is 0 Å². The first-order valence-electron chi connectivity index (χ1n) is 3.05. The molecule has 0 aliphatic carbocycles. The Bertz CT molecular complexity index is 160. The molecule has 0 atom stereocenters.